The highest BCUT2D eigenvalue weighted by Crippen LogP contribution is 2.32. The maximum atomic E-state index is 11.7. The standard InChI is InChI=1S/C13H24N2O2/c1-3-8-15-10-13(2,17-9-12(15)16)11-4-6-14-7-5-11/h11,14H,3-10H2,1-2H3. The van der Waals surface area contributed by atoms with Gasteiger partial charge in [-0.15, -0.1) is 0 Å². The molecule has 0 radical (unpaired) electrons. The summed E-state index contributed by atoms with van der Waals surface area (Å²) >= 11 is 0. The number of piperidine rings is 1. The van der Waals surface area contributed by atoms with E-state index in [1.54, 1.807) is 0 Å². The second kappa shape index (κ2) is 5.36. The molecule has 2 rings (SSSR count). The van der Waals surface area contributed by atoms with Crippen molar-refractivity contribution in [2.45, 2.75) is 38.7 Å². The van der Waals surface area contributed by atoms with Gasteiger partial charge < -0.3 is 15.0 Å². The Morgan fingerprint density at radius 3 is 2.82 bits per heavy atom. The van der Waals surface area contributed by atoms with Gasteiger partial charge in [-0.25, -0.2) is 0 Å². The summed E-state index contributed by atoms with van der Waals surface area (Å²) in [5.41, 5.74) is -0.134. The molecule has 2 aliphatic rings. The number of amides is 1. The van der Waals surface area contributed by atoms with Crippen molar-refractivity contribution in [3.63, 3.8) is 0 Å². The molecule has 17 heavy (non-hydrogen) atoms. The molecule has 1 atom stereocenters. The summed E-state index contributed by atoms with van der Waals surface area (Å²) in [6.07, 6.45) is 3.34. The fraction of sp³-hybridized carbons (Fsp3) is 0.923. The topological polar surface area (TPSA) is 41.6 Å². The monoisotopic (exact) mass is 240 g/mol. The number of carbonyl (C=O) groups is 1. The maximum Gasteiger partial charge on any atom is 0.248 e. The smallest absolute Gasteiger partial charge is 0.248 e. The van der Waals surface area contributed by atoms with Crippen molar-refractivity contribution in [1.82, 2.24) is 10.2 Å². The van der Waals surface area contributed by atoms with Crippen LogP contribution in [0.25, 0.3) is 0 Å². The Balaban J connectivity index is 2.01. The van der Waals surface area contributed by atoms with E-state index in [9.17, 15) is 4.79 Å². The van der Waals surface area contributed by atoms with Crippen LogP contribution in [0.1, 0.15) is 33.1 Å². The van der Waals surface area contributed by atoms with Gasteiger partial charge in [-0.1, -0.05) is 6.92 Å². The minimum atomic E-state index is -0.134. The van der Waals surface area contributed by atoms with Gasteiger partial charge in [0.25, 0.3) is 0 Å². The van der Waals surface area contributed by atoms with Crippen LogP contribution in [0, 0.1) is 5.92 Å². The average molecular weight is 240 g/mol. The first-order valence-electron chi connectivity index (χ1n) is 6.78. The molecule has 1 amide bonds. The van der Waals surface area contributed by atoms with Gasteiger partial charge >= 0.3 is 0 Å². The molecule has 0 bridgehead atoms. The average Bonchev–Trinajstić information content (AvgIpc) is 2.36. The Morgan fingerprint density at radius 1 is 1.47 bits per heavy atom. The lowest BCUT2D eigenvalue weighted by atomic mass is 9.81. The minimum absolute atomic E-state index is 0.134. The lowest BCUT2D eigenvalue weighted by molar-refractivity contribution is -0.171. The fourth-order valence-electron chi connectivity index (χ4n) is 2.98. The molecule has 1 unspecified atom stereocenters. The largest absolute Gasteiger partial charge is 0.363 e. The Labute approximate surface area is 104 Å². The quantitative estimate of drug-likeness (QED) is 0.800. The first-order valence-corrected chi connectivity index (χ1v) is 6.78. The van der Waals surface area contributed by atoms with E-state index in [0.29, 0.717) is 5.92 Å². The van der Waals surface area contributed by atoms with Crippen LogP contribution in [0.4, 0.5) is 0 Å². The zero-order valence-corrected chi connectivity index (χ0v) is 11.0. The van der Waals surface area contributed by atoms with Crippen LogP contribution < -0.4 is 5.32 Å². The number of rotatable bonds is 3. The van der Waals surface area contributed by atoms with Crippen molar-refractivity contribution in [2.24, 2.45) is 5.92 Å². The van der Waals surface area contributed by atoms with Gasteiger partial charge in [0.15, 0.2) is 0 Å². The molecule has 0 aromatic rings. The van der Waals surface area contributed by atoms with E-state index in [0.717, 1.165) is 45.4 Å². The molecular weight excluding hydrogens is 216 g/mol. The van der Waals surface area contributed by atoms with Gasteiger partial charge in [0.2, 0.25) is 5.91 Å². The molecule has 0 spiro atoms. The molecular formula is C13H24N2O2. The molecule has 0 saturated carbocycles. The molecule has 2 saturated heterocycles. The number of nitrogens with zero attached hydrogens (tertiary/aromatic N) is 1. The number of hydrogen-bond donors (Lipinski definition) is 1. The van der Waals surface area contributed by atoms with Crippen molar-refractivity contribution >= 4 is 5.91 Å². The maximum absolute atomic E-state index is 11.7. The number of hydrogen-bond acceptors (Lipinski definition) is 3. The van der Waals surface area contributed by atoms with Crippen molar-refractivity contribution < 1.29 is 9.53 Å². The van der Waals surface area contributed by atoms with Crippen molar-refractivity contribution in [3.8, 4) is 0 Å². The van der Waals surface area contributed by atoms with E-state index in [2.05, 4.69) is 19.2 Å². The summed E-state index contributed by atoms with van der Waals surface area (Å²) in [5, 5.41) is 3.38. The molecule has 2 heterocycles. The molecule has 4 nitrogen and oxygen atoms in total. The lowest BCUT2D eigenvalue weighted by Crippen LogP contribution is -2.58. The van der Waals surface area contributed by atoms with Crippen LogP contribution >= 0.6 is 0 Å². The summed E-state index contributed by atoms with van der Waals surface area (Å²) in [6, 6.07) is 0. The summed E-state index contributed by atoms with van der Waals surface area (Å²) in [5.74, 6) is 0.731. The van der Waals surface area contributed by atoms with Gasteiger partial charge in [0.1, 0.15) is 6.61 Å². The normalized spacial score (nSPS) is 31.9. The molecule has 2 fully saturated rings. The predicted octanol–water partition coefficient (Wildman–Crippen LogP) is 1.01. The highest BCUT2D eigenvalue weighted by Gasteiger charge is 2.41. The van der Waals surface area contributed by atoms with E-state index in [1.165, 1.54) is 0 Å². The number of morpholine rings is 1. The SMILES string of the molecule is CCCN1CC(C)(C2CCNCC2)OCC1=O. The van der Waals surface area contributed by atoms with Crippen LogP contribution in [-0.2, 0) is 9.53 Å². The van der Waals surface area contributed by atoms with E-state index < -0.39 is 0 Å². The molecule has 4 heteroatoms. The summed E-state index contributed by atoms with van der Waals surface area (Å²) in [7, 11) is 0. The highest BCUT2D eigenvalue weighted by atomic mass is 16.5. The fourth-order valence-corrected chi connectivity index (χ4v) is 2.98. The first-order chi connectivity index (χ1) is 8.15. The van der Waals surface area contributed by atoms with Crippen LogP contribution in [0.5, 0.6) is 0 Å². The number of nitrogens with one attached hydrogen (secondary N) is 1. The Bertz CT molecular complexity index is 277. The van der Waals surface area contributed by atoms with Gasteiger partial charge in [-0.05, 0) is 45.2 Å². The van der Waals surface area contributed by atoms with Gasteiger partial charge in [0, 0.05) is 13.1 Å². The van der Waals surface area contributed by atoms with Crippen molar-refractivity contribution in [2.75, 3.05) is 32.8 Å². The molecule has 98 valence electrons. The van der Waals surface area contributed by atoms with E-state index in [-0.39, 0.29) is 18.1 Å². The predicted molar refractivity (Wildman–Crippen MR) is 66.8 cm³/mol. The van der Waals surface area contributed by atoms with E-state index in [1.807, 2.05) is 4.90 Å². The van der Waals surface area contributed by atoms with Gasteiger partial charge in [0.05, 0.1) is 5.60 Å². The second-order valence-electron chi connectivity index (χ2n) is 5.44. The van der Waals surface area contributed by atoms with Gasteiger partial charge in [-0.3, -0.25) is 4.79 Å². The van der Waals surface area contributed by atoms with E-state index in [4.69, 9.17) is 4.74 Å². The second-order valence-corrected chi connectivity index (χ2v) is 5.44. The van der Waals surface area contributed by atoms with Crippen molar-refractivity contribution in [3.05, 3.63) is 0 Å². The van der Waals surface area contributed by atoms with Crippen molar-refractivity contribution in [1.29, 1.82) is 0 Å². The summed E-state index contributed by atoms with van der Waals surface area (Å²) < 4.78 is 5.87. The van der Waals surface area contributed by atoms with Gasteiger partial charge in [-0.2, -0.15) is 0 Å². The molecule has 0 aliphatic carbocycles. The lowest BCUT2D eigenvalue weighted by Gasteiger charge is -2.46. The zero-order chi connectivity index (χ0) is 12.3. The Morgan fingerprint density at radius 2 is 2.18 bits per heavy atom. The minimum Gasteiger partial charge on any atom is -0.363 e. The summed E-state index contributed by atoms with van der Waals surface area (Å²) in [4.78, 5) is 13.7. The Hall–Kier alpha value is -0.610. The highest BCUT2D eigenvalue weighted by molar-refractivity contribution is 5.78. The number of carbonyl (C=O) groups excluding carboxylic acids is 1. The third-order valence-corrected chi connectivity index (χ3v) is 4.08. The molecule has 0 aromatic heterocycles. The third kappa shape index (κ3) is 2.80. The summed E-state index contributed by atoms with van der Waals surface area (Å²) in [6.45, 7) is 8.34. The zero-order valence-electron chi connectivity index (χ0n) is 11.0. The van der Waals surface area contributed by atoms with Crippen LogP contribution in [0.15, 0.2) is 0 Å². The van der Waals surface area contributed by atoms with Crippen LogP contribution in [0.3, 0.4) is 0 Å². The molecule has 1 N–H and O–H groups in total. The number of ether oxygens (including phenoxy) is 1. The molecule has 0 aromatic carbocycles. The molecule has 2 aliphatic heterocycles. The van der Waals surface area contributed by atoms with Crippen LogP contribution in [0.2, 0.25) is 0 Å². The van der Waals surface area contributed by atoms with E-state index >= 15 is 0 Å². The van der Waals surface area contributed by atoms with Crippen LogP contribution in [-0.4, -0.2) is 49.2 Å². The third-order valence-electron chi connectivity index (χ3n) is 4.08. The Kier molecular flexibility index (Phi) is 4.05. The first kappa shape index (κ1) is 12.8.